The van der Waals surface area contributed by atoms with Crippen molar-refractivity contribution in [3.63, 3.8) is 0 Å². The molecule has 2 aromatic carbocycles. The Kier molecular flexibility index (Phi) is 6.85. The van der Waals surface area contributed by atoms with Crippen LogP contribution in [0.15, 0.2) is 60.9 Å². The lowest BCUT2D eigenvalue weighted by Crippen LogP contribution is -2.27. The molecule has 0 radical (unpaired) electrons. The Morgan fingerprint density at radius 1 is 1.12 bits per heavy atom. The first-order valence-corrected chi connectivity index (χ1v) is 10.8. The number of amides is 1. The van der Waals surface area contributed by atoms with E-state index in [1.807, 2.05) is 38.4 Å². The molecule has 8 heteroatoms. The average molecular weight is 445 g/mol. The summed E-state index contributed by atoms with van der Waals surface area (Å²) in [6, 6.07) is 15.4. The summed E-state index contributed by atoms with van der Waals surface area (Å²) in [5.74, 6) is 0.998. The normalized spacial score (nSPS) is 11.0. The Morgan fingerprint density at radius 2 is 1.97 bits per heavy atom. The number of fused-ring (bicyclic) bond motifs is 1. The van der Waals surface area contributed by atoms with Gasteiger partial charge in [0.25, 0.3) is 5.91 Å². The Bertz CT molecular complexity index is 1220. The molecule has 170 valence electrons. The predicted molar refractivity (Wildman–Crippen MR) is 131 cm³/mol. The van der Waals surface area contributed by atoms with Crippen molar-refractivity contribution in [3.8, 4) is 17.1 Å². The summed E-state index contributed by atoms with van der Waals surface area (Å²) in [6.45, 7) is 1.54. The van der Waals surface area contributed by atoms with E-state index in [9.17, 15) is 4.79 Å². The third-order valence-corrected chi connectivity index (χ3v) is 5.23. The zero-order valence-electron chi connectivity index (χ0n) is 19.1. The summed E-state index contributed by atoms with van der Waals surface area (Å²) in [5, 5.41) is 7.31. The van der Waals surface area contributed by atoms with E-state index in [0.29, 0.717) is 29.4 Å². The predicted octanol–water partition coefficient (Wildman–Crippen LogP) is 4.06. The molecule has 2 heterocycles. The van der Waals surface area contributed by atoms with Gasteiger partial charge in [-0.05, 0) is 57.4 Å². The number of nitrogens with one attached hydrogen (secondary N) is 3. The Hall–Kier alpha value is -3.91. The summed E-state index contributed by atoms with van der Waals surface area (Å²) < 4.78 is 5.52. The smallest absolute Gasteiger partial charge is 0.251 e. The van der Waals surface area contributed by atoms with Crippen LogP contribution in [0, 0.1) is 0 Å². The van der Waals surface area contributed by atoms with Crippen LogP contribution >= 0.6 is 0 Å². The van der Waals surface area contributed by atoms with Gasteiger partial charge in [0.05, 0.1) is 30.9 Å². The summed E-state index contributed by atoms with van der Waals surface area (Å²) in [4.78, 5) is 27.0. The van der Waals surface area contributed by atoms with Crippen molar-refractivity contribution in [2.45, 2.75) is 6.42 Å². The van der Waals surface area contributed by atoms with E-state index in [-0.39, 0.29) is 5.91 Å². The van der Waals surface area contributed by atoms with Crippen LogP contribution in [0.1, 0.15) is 16.8 Å². The molecule has 0 aliphatic rings. The lowest BCUT2D eigenvalue weighted by molar-refractivity contribution is 0.0952. The molecule has 8 nitrogen and oxygen atoms in total. The third kappa shape index (κ3) is 5.48. The number of rotatable bonds is 9. The van der Waals surface area contributed by atoms with Crippen LogP contribution in [0.5, 0.6) is 5.75 Å². The molecule has 4 rings (SSSR count). The van der Waals surface area contributed by atoms with Crippen LogP contribution in [-0.4, -0.2) is 60.1 Å². The van der Waals surface area contributed by atoms with Crippen molar-refractivity contribution in [3.05, 3.63) is 66.5 Å². The quantitative estimate of drug-likeness (QED) is 0.337. The van der Waals surface area contributed by atoms with Crippen molar-refractivity contribution in [2.75, 3.05) is 39.6 Å². The Labute approximate surface area is 193 Å². The topological polar surface area (TPSA) is 95.2 Å². The molecule has 0 fully saturated rings. The van der Waals surface area contributed by atoms with Crippen molar-refractivity contribution in [1.29, 1.82) is 0 Å². The maximum Gasteiger partial charge on any atom is 0.251 e. The molecule has 0 atom stereocenters. The number of hydrogen-bond acceptors (Lipinski definition) is 6. The fraction of sp³-hybridized carbons (Fsp3) is 0.240. The second-order valence-electron chi connectivity index (χ2n) is 8.01. The van der Waals surface area contributed by atoms with E-state index in [2.05, 4.69) is 42.6 Å². The van der Waals surface area contributed by atoms with Gasteiger partial charge in [-0.25, -0.2) is 4.98 Å². The van der Waals surface area contributed by atoms with Gasteiger partial charge in [0.15, 0.2) is 0 Å². The lowest BCUT2D eigenvalue weighted by Gasteiger charge is -2.13. The van der Waals surface area contributed by atoms with Crippen molar-refractivity contribution in [2.24, 2.45) is 0 Å². The van der Waals surface area contributed by atoms with Crippen molar-refractivity contribution in [1.82, 2.24) is 25.2 Å². The van der Waals surface area contributed by atoms with Gasteiger partial charge in [0.1, 0.15) is 17.3 Å². The Balaban J connectivity index is 1.48. The van der Waals surface area contributed by atoms with Gasteiger partial charge in [0, 0.05) is 23.0 Å². The van der Waals surface area contributed by atoms with Crippen LogP contribution in [0.3, 0.4) is 0 Å². The number of aromatic nitrogens is 3. The fourth-order valence-corrected chi connectivity index (χ4v) is 3.54. The number of para-hydroxylation sites is 1. The Morgan fingerprint density at radius 3 is 2.76 bits per heavy atom. The van der Waals surface area contributed by atoms with Gasteiger partial charge in [-0.1, -0.05) is 18.2 Å². The standard InChI is InChI=1S/C25H28N6O2/c1-31(2)12-6-11-27-25(32)18-9-10-20(23(14-18)33-3)29-24-16-26-15-22(30-24)21-13-17-7-4-5-8-19(17)28-21/h4-5,7-10,13-16,28H,6,11-12H2,1-3H3,(H,27,32)(H,29,30). The van der Waals surface area contributed by atoms with E-state index in [4.69, 9.17) is 4.74 Å². The largest absolute Gasteiger partial charge is 0.495 e. The minimum atomic E-state index is -0.126. The first-order valence-electron chi connectivity index (χ1n) is 10.8. The summed E-state index contributed by atoms with van der Waals surface area (Å²) in [5.41, 5.74) is 3.90. The molecule has 0 saturated heterocycles. The number of carbonyl (C=O) groups is 1. The molecular formula is C25H28N6O2. The molecule has 1 amide bonds. The molecule has 0 bridgehead atoms. The highest BCUT2D eigenvalue weighted by Crippen LogP contribution is 2.29. The maximum absolute atomic E-state index is 12.5. The number of nitrogens with zero attached hydrogens (tertiary/aromatic N) is 3. The highest BCUT2D eigenvalue weighted by atomic mass is 16.5. The molecule has 3 N–H and O–H groups in total. The van der Waals surface area contributed by atoms with E-state index < -0.39 is 0 Å². The van der Waals surface area contributed by atoms with Gasteiger partial charge in [-0.2, -0.15) is 0 Å². The molecule has 4 aromatic rings. The monoisotopic (exact) mass is 444 g/mol. The molecule has 0 spiro atoms. The van der Waals surface area contributed by atoms with Crippen molar-refractivity contribution < 1.29 is 9.53 Å². The minimum Gasteiger partial charge on any atom is -0.495 e. The summed E-state index contributed by atoms with van der Waals surface area (Å²) in [7, 11) is 5.60. The van der Waals surface area contributed by atoms with E-state index in [1.54, 1.807) is 31.6 Å². The molecular weight excluding hydrogens is 416 g/mol. The molecule has 2 aromatic heterocycles. The lowest BCUT2D eigenvalue weighted by atomic mass is 10.1. The number of aromatic amines is 1. The van der Waals surface area contributed by atoms with Crippen LogP contribution in [0.2, 0.25) is 0 Å². The van der Waals surface area contributed by atoms with Gasteiger partial charge in [0.2, 0.25) is 0 Å². The van der Waals surface area contributed by atoms with Gasteiger partial charge in [-0.15, -0.1) is 0 Å². The first kappa shape index (κ1) is 22.3. The second-order valence-corrected chi connectivity index (χ2v) is 8.01. The molecule has 0 aliphatic carbocycles. The van der Waals surface area contributed by atoms with Gasteiger partial charge in [-0.3, -0.25) is 9.78 Å². The van der Waals surface area contributed by atoms with E-state index in [1.165, 1.54) is 0 Å². The molecule has 0 saturated carbocycles. The van der Waals surface area contributed by atoms with E-state index in [0.717, 1.165) is 35.3 Å². The zero-order valence-corrected chi connectivity index (χ0v) is 19.1. The SMILES string of the molecule is COc1cc(C(=O)NCCCN(C)C)ccc1Nc1cncc(-c2cc3ccccc3[nH]2)n1. The summed E-state index contributed by atoms with van der Waals surface area (Å²) in [6.07, 6.45) is 4.26. The molecule has 0 aliphatic heterocycles. The van der Waals surface area contributed by atoms with Crippen LogP contribution in [-0.2, 0) is 0 Å². The number of carbonyl (C=O) groups excluding carboxylic acids is 1. The zero-order chi connectivity index (χ0) is 23.2. The van der Waals surface area contributed by atoms with Crippen LogP contribution in [0.25, 0.3) is 22.3 Å². The number of ether oxygens (including phenoxy) is 1. The highest BCUT2D eigenvalue weighted by Gasteiger charge is 2.12. The number of H-pyrrole nitrogens is 1. The third-order valence-electron chi connectivity index (χ3n) is 5.23. The van der Waals surface area contributed by atoms with Crippen molar-refractivity contribution >= 4 is 28.3 Å². The van der Waals surface area contributed by atoms with Crippen LogP contribution in [0.4, 0.5) is 11.5 Å². The molecule has 33 heavy (non-hydrogen) atoms. The average Bonchev–Trinajstić information content (AvgIpc) is 3.26. The second kappa shape index (κ2) is 10.1. The number of benzene rings is 2. The molecule has 0 unspecified atom stereocenters. The number of methoxy groups -OCH3 is 1. The fourth-order valence-electron chi connectivity index (χ4n) is 3.54. The number of hydrogen-bond donors (Lipinski definition) is 3. The number of anilines is 2. The van der Waals surface area contributed by atoms with Crippen LogP contribution < -0.4 is 15.4 Å². The van der Waals surface area contributed by atoms with Gasteiger partial charge < -0.3 is 25.3 Å². The first-order chi connectivity index (χ1) is 16.0. The minimum absolute atomic E-state index is 0.126. The summed E-state index contributed by atoms with van der Waals surface area (Å²) >= 11 is 0. The highest BCUT2D eigenvalue weighted by molar-refractivity contribution is 5.95. The van der Waals surface area contributed by atoms with Gasteiger partial charge >= 0.3 is 0 Å². The van der Waals surface area contributed by atoms with E-state index >= 15 is 0 Å². The maximum atomic E-state index is 12.5.